The van der Waals surface area contributed by atoms with Gasteiger partial charge in [-0.3, -0.25) is 0 Å². The van der Waals surface area contributed by atoms with E-state index in [4.69, 9.17) is 19.0 Å². The molecule has 122 valence electrons. The van der Waals surface area contributed by atoms with Crippen molar-refractivity contribution in [3.05, 3.63) is 12.0 Å². The monoisotopic (exact) mass is 306 g/mol. The first kappa shape index (κ1) is 16.0. The van der Waals surface area contributed by atoms with Crippen molar-refractivity contribution in [3.8, 4) is 0 Å². The van der Waals surface area contributed by atoms with Gasteiger partial charge in [0.05, 0.1) is 29.4 Å². The van der Waals surface area contributed by atoms with Crippen LogP contribution < -0.4 is 5.59 Å². The van der Waals surface area contributed by atoms with E-state index in [1.807, 2.05) is 0 Å². The van der Waals surface area contributed by atoms with Gasteiger partial charge in [0.1, 0.15) is 5.82 Å². The third-order valence-corrected chi connectivity index (χ3v) is 5.09. The van der Waals surface area contributed by atoms with Crippen LogP contribution in [0, 0.1) is 0 Å². The summed E-state index contributed by atoms with van der Waals surface area (Å²) in [6.07, 6.45) is 3.13. The number of aromatic nitrogens is 2. The minimum atomic E-state index is -0.397. The lowest BCUT2D eigenvalue weighted by atomic mass is 9.86. The first-order chi connectivity index (χ1) is 10.2. The number of imidazole rings is 1. The molecular weight excluding hydrogens is 279 g/mol. The Bertz CT molecular complexity index is 532. The molecule has 1 aromatic rings. The molecule has 0 bridgehead atoms. The molecule has 1 unspecified atom stereocenters. The van der Waals surface area contributed by atoms with Crippen LogP contribution >= 0.6 is 0 Å². The van der Waals surface area contributed by atoms with Gasteiger partial charge in [-0.05, 0) is 34.1 Å². The van der Waals surface area contributed by atoms with Gasteiger partial charge < -0.3 is 18.6 Å². The molecule has 22 heavy (non-hydrogen) atoms. The minimum absolute atomic E-state index is 0.337. The molecule has 0 aromatic carbocycles. The molecule has 1 aromatic heterocycles. The fourth-order valence-corrected chi connectivity index (χ4v) is 2.97. The molecule has 0 aliphatic carbocycles. The Hall–Kier alpha value is -0.845. The Morgan fingerprint density at radius 3 is 2.36 bits per heavy atom. The molecule has 3 heterocycles. The zero-order chi connectivity index (χ0) is 16.1. The van der Waals surface area contributed by atoms with E-state index in [9.17, 15) is 0 Å². The van der Waals surface area contributed by atoms with Gasteiger partial charge in [-0.1, -0.05) is 13.8 Å². The van der Waals surface area contributed by atoms with E-state index < -0.39 is 7.12 Å². The second-order valence-corrected chi connectivity index (χ2v) is 7.69. The second kappa shape index (κ2) is 5.36. The molecule has 0 spiro atoms. The van der Waals surface area contributed by atoms with Crippen molar-refractivity contribution < 1.29 is 14.0 Å². The maximum absolute atomic E-state index is 6.13. The van der Waals surface area contributed by atoms with Crippen LogP contribution in [0.25, 0.3) is 0 Å². The van der Waals surface area contributed by atoms with E-state index in [2.05, 4.69) is 52.3 Å². The van der Waals surface area contributed by atoms with Crippen LogP contribution in [-0.4, -0.2) is 41.1 Å². The van der Waals surface area contributed by atoms with E-state index >= 15 is 0 Å². The SMILES string of the molecule is CC(C)c1nc(B2OC(C)(C)C(C)(C)O2)cn1C1CCOC1. The first-order valence-corrected chi connectivity index (χ1v) is 8.23. The van der Waals surface area contributed by atoms with Gasteiger partial charge >= 0.3 is 7.12 Å². The molecule has 1 atom stereocenters. The van der Waals surface area contributed by atoms with Gasteiger partial charge in [0.25, 0.3) is 0 Å². The van der Waals surface area contributed by atoms with Gasteiger partial charge in [-0.15, -0.1) is 0 Å². The van der Waals surface area contributed by atoms with Gasteiger partial charge in [0, 0.05) is 18.7 Å². The quantitative estimate of drug-likeness (QED) is 0.804. The molecule has 2 fully saturated rings. The number of hydrogen-bond acceptors (Lipinski definition) is 4. The molecule has 0 radical (unpaired) electrons. The zero-order valence-electron chi connectivity index (χ0n) is 14.5. The standard InChI is InChI=1S/C16H27BN2O3/c1-11(2)14-18-13(9-19(14)12-7-8-20-10-12)17-21-15(3,4)16(5,6)22-17/h9,11-12H,7-8,10H2,1-6H3. The molecular formula is C16H27BN2O3. The highest BCUT2D eigenvalue weighted by Crippen LogP contribution is 2.36. The van der Waals surface area contributed by atoms with Crippen molar-refractivity contribution in [3.63, 3.8) is 0 Å². The summed E-state index contributed by atoms with van der Waals surface area (Å²) >= 11 is 0. The molecule has 3 rings (SSSR count). The van der Waals surface area contributed by atoms with E-state index in [1.54, 1.807) is 0 Å². The summed E-state index contributed by atoms with van der Waals surface area (Å²) in [5.74, 6) is 1.44. The lowest BCUT2D eigenvalue weighted by Gasteiger charge is -2.32. The van der Waals surface area contributed by atoms with Crippen LogP contribution in [0.3, 0.4) is 0 Å². The van der Waals surface area contributed by atoms with Crippen LogP contribution in [0.1, 0.15) is 65.7 Å². The van der Waals surface area contributed by atoms with Crippen LogP contribution in [0.15, 0.2) is 6.20 Å². The average Bonchev–Trinajstić information content (AvgIpc) is 3.09. The Balaban J connectivity index is 1.91. The third-order valence-electron chi connectivity index (χ3n) is 5.09. The van der Waals surface area contributed by atoms with Crippen LogP contribution in [0.4, 0.5) is 0 Å². The summed E-state index contributed by atoms with van der Waals surface area (Å²) in [5.41, 5.74) is 0.195. The van der Waals surface area contributed by atoms with Crippen molar-refractivity contribution in [2.75, 3.05) is 13.2 Å². The number of hydrogen-bond donors (Lipinski definition) is 0. The predicted octanol–water partition coefficient (Wildman–Crippen LogP) is 2.27. The van der Waals surface area contributed by atoms with Crippen molar-refractivity contribution in [1.82, 2.24) is 9.55 Å². The van der Waals surface area contributed by atoms with Gasteiger partial charge in [0.15, 0.2) is 0 Å². The summed E-state index contributed by atoms with van der Waals surface area (Å²) in [7, 11) is -0.397. The van der Waals surface area contributed by atoms with Crippen molar-refractivity contribution in [2.24, 2.45) is 0 Å². The number of ether oxygens (including phenoxy) is 1. The Morgan fingerprint density at radius 1 is 1.23 bits per heavy atom. The van der Waals surface area contributed by atoms with Crippen LogP contribution in [0.2, 0.25) is 0 Å². The molecule has 5 nitrogen and oxygen atoms in total. The second-order valence-electron chi connectivity index (χ2n) is 7.69. The van der Waals surface area contributed by atoms with Crippen LogP contribution in [0.5, 0.6) is 0 Å². The van der Waals surface area contributed by atoms with Gasteiger partial charge in [0.2, 0.25) is 0 Å². The predicted molar refractivity (Wildman–Crippen MR) is 86.5 cm³/mol. The summed E-state index contributed by atoms with van der Waals surface area (Å²) in [5, 5.41) is 0. The van der Waals surface area contributed by atoms with Crippen LogP contribution in [-0.2, 0) is 14.0 Å². The summed E-state index contributed by atoms with van der Waals surface area (Å²) in [6.45, 7) is 14.2. The normalized spacial score (nSPS) is 27.0. The minimum Gasteiger partial charge on any atom is -0.398 e. The summed E-state index contributed by atoms with van der Waals surface area (Å²) in [4.78, 5) is 4.82. The number of rotatable bonds is 3. The highest BCUT2D eigenvalue weighted by molar-refractivity contribution is 6.61. The highest BCUT2D eigenvalue weighted by atomic mass is 16.7. The molecule has 0 N–H and O–H groups in total. The van der Waals surface area contributed by atoms with E-state index in [0.717, 1.165) is 31.1 Å². The average molecular weight is 306 g/mol. The Labute approximate surface area is 133 Å². The van der Waals surface area contributed by atoms with Crippen molar-refractivity contribution in [1.29, 1.82) is 0 Å². The van der Waals surface area contributed by atoms with Gasteiger partial charge in [-0.2, -0.15) is 0 Å². The fourth-order valence-electron chi connectivity index (χ4n) is 2.97. The Kier molecular flexibility index (Phi) is 3.90. The number of nitrogens with zero attached hydrogens (tertiary/aromatic N) is 2. The van der Waals surface area contributed by atoms with Crippen molar-refractivity contribution in [2.45, 2.75) is 71.1 Å². The lowest BCUT2D eigenvalue weighted by molar-refractivity contribution is 0.00578. The largest absolute Gasteiger partial charge is 0.516 e. The molecule has 6 heteroatoms. The van der Waals surface area contributed by atoms with E-state index in [1.165, 1.54) is 0 Å². The Morgan fingerprint density at radius 2 is 1.86 bits per heavy atom. The smallest absolute Gasteiger partial charge is 0.398 e. The fraction of sp³-hybridized carbons (Fsp3) is 0.812. The molecule has 2 aliphatic heterocycles. The molecule has 2 saturated heterocycles. The van der Waals surface area contributed by atoms with Gasteiger partial charge in [-0.25, -0.2) is 4.98 Å². The summed E-state index contributed by atoms with van der Waals surface area (Å²) in [6, 6.07) is 0.376. The summed E-state index contributed by atoms with van der Waals surface area (Å²) < 4.78 is 20.1. The maximum atomic E-state index is 6.13. The lowest BCUT2D eigenvalue weighted by Crippen LogP contribution is -2.41. The van der Waals surface area contributed by atoms with Crippen molar-refractivity contribution >= 4 is 12.7 Å². The van der Waals surface area contributed by atoms with E-state index in [-0.39, 0.29) is 11.2 Å². The zero-order valence-corrected chi connectivity index (χ0v) is 14.5. The molecule has 0 saturated carbocycles. The molecule has 2 aliphatic rings. The first-order valence-electron chi connectivity index (χ1n) is 8.23. The van der Waals surface area contributed by atoms with E-state index in [0.29, 0.717) is 12.0 Å². The topological polar surface area (TPSA) is 45.5 Å². The third kappa shape index (κ3) is 2.61. The maximum Gasteiger partial charge on any atom is 0.516 e. The molecule has 0 amide bonds. The highest BCUT2D eigenvalue weighted by Gasteiger charge is 2.52.